The van der Waals surface area contributed by atoms with E-state index in [1.165, 1.54) is 11.3 Å². The molecule has 2 heterocycles. The molecular formula is C8H9N3O2S. The zero-order chi connectivity index (χ0) is 9.97. The maximum absolute atomic E-state index is 9.44. The highest BCUT2D eigenvalue weighted by molar-refractivity contribution is 7.13. The van der Waals surface area contributed by atoms with Gasteiger partial charge in [0.25, 0.3) is 5.89 Å². The topological polar surface area (TPSA) is 72.0 Å². The van der Waals surface area contributed by atoms with E-state index >= 15 is 0 Å². The fourth-order valence-corrected chi connectivity index (χ4v) is 1.51. The lowest BCUT2D eigenvalue weighted by molar-refractivity contribution is 0.159. The van der Waals surface area contributed by atoms with Gasteiger partial charge in [-0.1, -0.05) is 12.1 Å². The van der Waals surface area contributed by atoms with Crippen LogP contribution in [0.15, 0.2) is 16.2 Å². The summed E-state index contributed by atoms with van der Waals surface area (Å²) in [6, 6.07) is 0. The van der Waals surface area contributed by atoms with E-state index in [1.807, 2.05) is 6.92 Å². The number of aromatic nitrogens is 3. The maximum Gasteiger partial charge on any atom is 0.269 e. The Hall–Kier alpha value is -1.27. The number of nitrogens with zero attached hydrogens (tertiary/aromatic N) is 3. The number of rotatable bonds is 3. The summed E-state index contributed by atoms with van der Waals surface area (Å²) in [6.07, 6.45) is 1.57. The Morgan fingerprint density at radius 1 is 1.64 bits per heavy atom. The largest absolute Gasteiger partial charge is 0.385 e. The minimum absolute atomic E-state index is 0.330. The molecule has 2 aromatic rings. The second-order valence-corrected chi connectivity index (χ2v) is 3.63. The van der Waals surface area contributed by atoms with Gasteiger partial charge in [-0.15, -0.1) is 11.3 Å². The van der Waals surface area contributed by atoms with Crippen LogP contribution in [0.5, 0.6) is 0 Å². The fourth-order valence-electron chi connectivity index (χ4n) is 0.974. The summed E-state index contributed by atoms with van der Waals surface area (Å²) < 4.78 is 4.98. The maximum atomic E-state index is 9.44. The average Bonchev–Trinajstić information content (AvgIpc) is 2.86. The van der Waals surface area contributed by atoms with Gasteiger partial charge in [-0.3, -0.25) is 4.98 Å². The lowest BCUT2D eigenvalue weighted by atomic mass is 10.3. The zero-order valence-corrected chi connectivity index (χ0v) is 8.36. The third-order valence-corrected chi connectivity index (χ3v) is 2.53. The summed E-state index contributed by atoms with van der Waals surface area (Å²) in [6.45, 7) is 1.85. The molecule has 1 N–H and O–H groups in total. The number of aliphatic hydroxyl groups excluding tert-OH is 1. The molecule has 0 saturated carbocycles. The van der Waals surface area contributed by atoms with Crippen molar-refractivity contribution < 1.29 is 9.63 Å². The normalized spacial score (nSPS) is 13.0. The molecule has 0 fully saturated rings. The minimum Gasteiger partial charge on any atom is -0.385 e. The van der Waals surface area contributed by atoms with E-state index in [0.29, 0.717) is 18.1 Å². The van der Waals surface area contributed by atoms with Gasteiger partial charge < -0.3 is 9.63 Å². The molecule has 0 bridgehead atoms. The molecule has 0 amide bonds. The van der Waals surface area contributed by atoms with Crippen LogP contribution in [0.1, 0.15) is 25.3 Å². The molecule has 1 unspecified atom stereocenters. The molecular weight excluding hydrogens is 202 g/mol. The smallest absolute Gasteiger partial charge is 0.269 e. The van der Waals surface area contributed by atoms with Gasteiger partial charge in [-0.05, 0) is 6.42 Å². The number of hydrogen-bond acceptors (Lipinski definition) is 6. The number of hydrogen-bond donors (Lipinski definition) is 1. The Morgan fingerprint density at radius 3 is 3.14 bits per heavy atom. The van der Waals surface area contributed by atoms with E-state index < -0.39 is 6.10 Å². The molecule has 2 rings (SSSR count). The molecule has 0 saturated heterocycles. The van der Waals surface area contributed by atoms with Gasteiger partial charge in [0.15, 0.2) is 0 Å². The first-order valence-corrected chi connectivity index (χ1v) is 5.09. The monoisotopic (exact) mass is 211 g/mol. The van der Waals surface area contributed by atoms with Gasteiger partial charge in [-0.25, -0.2) is 0 Å². The molecule has 0 aromatic carbocycles. The SMILES string of the molecule is CCC(O)c1noc(-c2cncs2)n1. The zero-order valence-electron chi connectivity index (χ0n) is 7.54. The van der Waals surface area contributed by atoms with Crippen molar-refractivity contribution in [1.82, 2.24) is 15.1 Å². The average molecular weight is 211 g/mol. The molecule has 14 heavy (non-hydrogen) atoms. The first-order chi connectivity index (χ1) is 6.81. The Balaban J connectivity index is 2.26. The van der Waals surface area contributed by atoms with Crippen molar-refractivity contribution in [2.24, 2.45) is 0 Å². The predicted octanol–water partition coefficient (Wildman–Crippen LogP) is 1.64. The van der Waals surface area contributed by atoms with Gasteiger partial charge in [0, 0.05) is 0 Å². The number of aliphatic hydroxyl groups is 1. The van der Waals surface area contributed by atoms with E-state index in [-0.39, 0.29) is 0 Å². The third kappa shape index (κ3) is 1.66. The van der Waals surface area contributed by atoms with Crippen LogP contribution in [0.4, 0.5) is 0 Å². The first kappa shape index (κ1) is 9.29. The van der Waals surface area contributed by atoms with Crippen LogP contribution in [0.3, 0.4) is 0 Å². The standard InChI is InChI=1S/C8H9N3O2S/c1-2-5(12)7-10-8(13-11-7)6-3-9-4-14-6/h3-5,12H,2H2,1H3. The molecule has 0 aliphatic heterocycles. The molecule has 2 aromatic heterocycles. The summed E-state index contributed by atoms with van der Waals surface area (Å²) in [5, 5.41) is 13.1. The van der Waals surface area contributed by atoms with Crippen LogP contribution in [0.25, 0.3) is 10.8 Å². The van der Waals surface area contributed by atoms with E-state index in [2.05, 4.69) is 15.1 Å². The Kier molecular flexibility index (Phi) is 2.55. The van der Waals surface area contributed by atoms with E-state index in [4.69, 9.17) is 4.52 Å². The summed E-state index contributed by atoms with van der Waals surface area (Å²) in [5.74, 6) is 0.742. The summed E-state index contributed by atoms with van der Waals surface area (Å²) in [7, 11) is 0. The quantitative estimate of drug-likeness (QED) is 0.835. The van der Waals surface area contributed by atoms with Crippen LogP contribution in [0, 0.1) is 0 Å². The van der Waals surface area contributed by atoms with E-state index in [0.717, 1.165) is 4.88 Å². The van der Waals surface area contributed by atoms with Crippen molar-refractivity contribution >= 4 is 11.3 Å². The Morgan fingerprint density at radius 2 is 2.50 bits per heavy atom. The highest BCUT2D eigenvalue weighted by Crippen LogP contribution is 2.23. The van der Waals surface area contributed by atoms with E-state index in [1.54, 1.807) is 11.7 Å². The molecule has 0 aliphatic carbocycles. The van der Waals surface area contributed by atoms with Crippen molar-refractivity contribution in [1.29, 1.82) is 0 Å². The van der Waals surface area contributed by atoms with Crippen molar-refractivity contribution in [3.63, 3.8) is 0 Å². The Labute approximate surface area is 84.4 Å². The van der Waals surface area contributed by atoms with Gasteiger partial charge >= 0.3 is 0 Å². The molecule has 1 atom stereocenters. The van der Waals surface area contributed by atoms with Crippen LogP contribution >= 0.6 is 11.3 Å². The van der Waals surface area contributed by atoms with E-state index in [9.17, 15) is 5.11 Å². The fraction of sp³-hybridized carbons (Fsp3) is 0.375. The molecule has 0 spiro atoms. The summed E-state index contributed by atoms with van der Waals surface area (Å²) in [5.41, 5.74) is 1.69. The first-order valence-electron chi connectivity index (χ1n) is 4.21. The lowest BCUT2D eigenvalue weighted by Crippen LogP contribution is -1.97. The molecule has 0 aliphatic rings. The minimum atomic E-state index is -0.652. The summed E-state index contributed by atoms with van der Waals surface area (Å²) in [4.78, 5) is 8.78. The van der Waals surface area contributed by atoms with Crippen molar-refractivity contribution in [3.05, 3.63) is 17.5 Å². The predicted molar refractivity (Wildman–Crippen MR) is 50.7 cm³/mol. The lowest BCUT2D eigenvalue weighted by Gasteiger charge is -1.97. The highest BCUT2D eigenvalue weighted by Gasteiger charge is 2.15. The van der Waals surface area contributed by atoms with Crippen LogP contribution in [-0.4, -0.2) is 20.2 Å². The van der Waals surface area contributed by atoms with Crippen molar-refractivity contribution in [2.45, 2.75) is 19.4 Å². The second-order valence-electron chi connectivity index (χ2n) is 2.75. The molecule has 5 nitrogen and oxygen atoms in total. The molecule has 74 valence electrons. The van der Waals surface area contributed by atoms with Crippen molar-refractivity contribution in [2.75, 3.05) is 0 Å². The second kappa shape index (κ2) is 3.85. The van der Waals surface area contributed by atoms with Crippen molar-refractivity contribution in [3.8, 4) is 10.8 Å². The van der Waals surface area contributed by atoms with Crippen LogP contribution < -0.4 is 0 Å². The Bertz CT molecular complexity index is 398. The number of thiazole rings is 1. The molecule has 6 heteroatoms. The third-order valence-electron chi connectivity index (χ3n) is 1.77. The van der Waals surface area contributed by atoms with Crippen LogP contribution in [0.2, 0.25) is 0 Å². The van der Waals surface area contributed by atoms with Gasteiger partial charge in [0.2, 0.25) is 5.82 Å². The highest BCUT2D eigenvalue weighted by atomic mass is 32.1. The van der Waals surface area contributed by atoms with Gasteiger partial charge in [0.05, 0.1) is 11.7 Å². The van der Waals surface area contributed by atoms with Crippen LogP contribution in [-0.2, 0) is 0 Å². The van der Waals surface area contributed by atoms with Gasteiger partial charge in [-0.2, -0.15) is 4.98 Å². The summed E-state index contributed by atoms with van der Waals surface area (Å²) >= 11 is 1.42. The van der Waals surface area contributed by atoms with Gasteiger partial charge in [0.1, 0.15) is 11.0 Å². The molecule has 0 radical (unpaired) electrons.